The standard InChI is InChI=1S/C20H21N5OS/c21-16-10-13(6-9-22-16)12-23-15-11-20(7-8-20)25-18(26)17(15)19(27)24-14-4-2-1-3-5-14/h1-6,9-10,23H,7-8,11-12H2,(H2,21,22)(H,24,27)(H,25,26). The lowest BCUT2D eigenvalue weighted by Crippen LogP contribution is -2.47. The van der Waals surface area contributed by atoms with Crippen molar-refractivity contribution >= 4 is 34.6 Å². The van der Waals surface area contributed by atoms with Crippen LogP contribution < -0.4 is 21.7 Å². The molecular weight excluding hydrogens is 358 g/mol. The lowest BCUT2D eigenvalue weighted by molar-refractivity contribution is -0.118. The zero-order valence-electron chi connectivity index (χ0n) is 14.8. The van der Waals surface area contributed by atoms with Gasteiger partial charge in [0.2, 0.25) is 0 Å². The van der Waals surface area contributed by atoms with E-state index in [1.807, 2.05) is 42.5 Å². The molecule has 0 bridgehead atoms. The van der Waals surface area contributed by atoms with Gasteiger partial charge in [0, 0.05) is 36.1 Å². The van der Waals surface area contributed by atoms with Gasteiger partial charge in [0.25, 0.3) is 5.91 Å². The molecule has 2 heterocycles. The van der Waals surface area contributed by atoms with Crippen LogP contribution in [0.3, 0.4) is 0 Å². The number of anilines is 2. The summed E-state index contributed by atoms with van der Waals surface area (Å²) in [5.41, 5.74) is 8.90. The van der Waals surface area contributed by atoms with Gasteiger partial charge in [0.15, 0.2) is 0 Å². The van der Waals surface area contributed by atoms with Crippen LogP contribution in [0, 0.1) is 0 Å². The van der Waals surface area contributed by atoms with Crippen molar-refractivity contribution in [1.82, 2.24) is 15.6 Å². The topological polar surface area (TPSA) is 92.1 Å². The van der Waals surface area contributed by atoms with Crippen LogP contribution in [0.4, 0.5) is 11.5 Å². The average molecular weight is 379 g/mol. The summed E-state index contributed by atoms with van der Waals surface area (Å²) in [6.45, 7) is 0.558. The Labute approximate surface area is 163 Å². The second-order valence-electron chi connectivity index (χ2n) is 7.03. The molecule has 0 atom stereocenters. The maximum Gasteiger partial charge on any atom is 0.256 e. The van der Waals surface area contributed by atoms with E-state index in [-0.39, 0.29) is 11.4 Å². The molecule has 1 saturated carbocycles. The number of nitrogens with one attached hydrogen (secondary N) is 3. The van der Waals surface area contributed by atoms with Gasteiger partial charge >= 0.3 is 0 Å². The maximum atomic E-state index is 12.8. The van der Waals surface area contributed by atoms with Gasteiger partial charge in [-0.1, -0.05) is 30.4 Å². The van der Waals surface area contributed by atoms with Gasteiger partial charge in [-0.05, 0) is 42.7 Å². The quantitative estimate of drug-likeness (QED) is 0.597. The minimum Gasteiger partial charge on any atom is -0.384 e. The smallest absolute Gasteiger partial charge is 0.256 e. The van der Waals surface area contributed by atoms with E-state index < -0.39 is 0 Å². The molecule has 2 aliphatic rings. The number of amides is 1. The molecule has 1 aliphatic heterocycles. The van der Waals surface area contributed by atoms with Crippen molar-refractivity contribution in [3.8, 4) is 0 Å². The highest BCUT2D eigenvalue weighted by molar-refractivity contribution is 7.81. The Morgan fingerprint density at radius 3 is 2.74 bits per heavy atom. The van der Waals surface area contributed by atoms with Crippen molar-refractivity contribution in [2.45, 2.75) is 31.3 Å². The zero-order valence-corrected chi connectivity index (χ0v) is 15.6. The van der Waals surface area contributed by atoms with Crippen LogP contribution in [-0.2, 0) is 11.3 Å². The summed E-state index contributed by atoms with van der Waals surface area (Å²) in [5.74, 6) is 0.355. The fourth-order valence-electron chi connectivity index (χ4n) is 3.28. The Hall–Kier alpha value is -2.93. The van der Waals surface area contributed by atoms with Crippen molar-refractivity contribution in [1.29, 1.82) is 0 Å². The lowest BCUT2D eigenvalue weighted by atomic mass is 9.98. The van der Waals surface area contributed by atoms with Gasteiger partial charge in [-0.15, -0.1) is 0 Å². The van der Waals surface area contributed by atoms with Crippen LogP contribution in [0.2, 0.25) is 0 Å². The van der Waals surface area contributed by atoms with E-state index in [1.54, 1.807) is 6.20 Å². The fraction of sp³-hybridized carbons (Fsp3) is 0.250. The van der Waals surface area contributed by atoms with Gasteiger partial charge in [0.1, 0.15) is 10.8 Å². The number of pyridine rings is 1. The molecule has 1 fully saturated rings. The van der Waals surface area contributed by atoms with Crippen molar-refractivity contribution in [3.63, 3.8) is 0 Å². The maximum absolute atomic E-state index is 12.8. The molecule has 6 nitrogen and oxygen atoms in total. The molecule has 7 heteroatoms. The SMILES string of the molecule is Nc1cc(CNC2=C(C(=S)Nc3ccccc3)C(=O)NC3(CC3)C2)ccn1. The number of benzene rings is 1. The van der Waals surface area contributed by atoms with E-state index >= 15 is 0 Å². The first-order valence-corrected chi connectivity index (χ1v) is 9.32. The van der Waals surface area contributed by atoms with Gasteiger partial charge in [-0.2, -0.15) is 0 Å². The van der Waals surface area contributed by atoms with E-state index in [9.17, 15) is 4.79 Å². The first-order valence-electron chi connectivity index (χ1n) is 8.91. The van der Waals surface area contributed by atoms with Crippen LogP contribution in [-0.4, -0.2) is 21.4 Å². The number of hydrogen-bond donors (Lipinski definition) is 4. The molecule has 2 aromatic rings. The minimum absolute atomic E-state index is 0.109. The Bertz CT molecular complexity index is 921. The number of nitrogen functional groups attached to an aromatic ring is 1. The first kappa shape index (κ1) is 17.5. The number of aromatic nitrogens is 1. The van der Waals surface area contributed by atoms with Gasteiger partial charge in [-0.25, -0.2) is 4.98 Å². The van der Waals surface area contributed by atoms with Crippen LogP contribution in [0.15, 0.2) is 59.9 Å². The molecule has 1 aromatic carbocycles. The fourth-order valence-corrected chi connectivity index (χ4v) is 3.62. The van der Waals surface area contributed by atoms with Crippen LogP contribution in [0.1, 0.15) is 24.8 Å². The Kier molecular flexibility index (Phi) is 4.53. The third-order valence-corrected chi connectivity index (χ3v) is 5.19. The minimum atomic E-state index is -0.121. The average Bonchev–Trinajstić information content (AvgIpc) is 3.38. The lowest BCUT2D eigenvalue weighted by Gasteiger charge is -2.29. The highest BCUT2D eigenvalue weighted by Crippen LogP contribution is 2.43. The molecular formula is C20H21N5OS. The highest BCUT2D eigenvalue weighted by atomic mass is 32.1. The third kappa shape index (κ3) is 3.93. The van der Waals surface area contributed by atoms with E-state index in [4.69, 9.17) is 18.0 Å². The molecule has 0 saturated heterocycles. The molecule has 1 aromatic heterocycles. The second kappa shape index (κ2) is 7.00. The molecule has 27 heavy (non-hydrogen) atoms. The summed E-state index contributed by atoms with van der Waals surface area (Å²) >= 11 is 5.56. The molecule has 0 radical (unpaired) electrons. The third-order valence-electron chi connectivity index (χ3n) is 4.89. The number of carbonyl (C=O) groups is 1. The Balaban J connectivity index is 1.58. The number of carbonyl (C=O) groups excluding carboxylic acids is 1. The van der Waals surface area contributed by atoms with Crippen LogP contribution in [0.25, 0.3) is 0 Å². The Morgan fingerprint density at radius 2 is 2.04 bits per heavy atom. The second-order valence-corrected chi connectivity index (χ2v) is 7.44. The number of para-hydroxylation sites is 1. The molecule has 138 valence electrons. The predicted molar refractivity (Wildman–Crippen MR) is 110 cm³/mol. The van der Waals surface area contributed by atoms with Gasteiger partial charge in [0.05, 0.1) is 5.57 Å². The van der Waals surface area contributed by atoms with Crippen molar-refractivity contribution in [2.24, 2.45) is 0 Å². The van der Waals surface area contributed by atoms with Crippen molar-refractivity contribution in [2.75, 3.05) is 11.1 Å². The summed E-state index contributed by atoms with van der Waals surface area (Å²) < 4.78 is 0. The van der Waals surface area contributed by atoms with E-state index in [1.165, 1.54) is 0 Å². The first-order chi connectivity index (χ1) is 13.0. The molecule has 1 aliphatic carbocycles. The highest BCUT2D eigenvalue weighted by Gasteiger charge is 2.48. The van der Waals surface area contributed by atoms with Crippen molar-refractivity contribution < 1.29 is 4.79 Å². The van der Waals surface area contributed by atoms with E-state index in [0.717, 1.165) is 36.2 Å². The molecule has 5 N–H and O–H groups in total. The van der Waals surface area contributed by atoms with Crippen LogP contribution in [0.5, 0.6) is 0 Å². The van der Waals surface area contributed by atoms with E-state index in [2.05, 4.69) is 20.9 Å². The van der Waals surface area contributed by atoms with Gasteiger partial charge < -0.3 is 21.7 Å². The Morgan fingerprint density at radius 1 is 1.26 bits per heavy atom. The summed E-state index contributed by atoms with van der Waals surface area (Å²) in [6.07, 6.45) is 4.43. The number of nitrogens with two attached hydrogens (primary N) is 1. The predicted octanol–water partition coefficient (Wildman–Crippen LogP) is 2.50. The summed E-state index contributed by atoms with van der Waals surface area (Å²) in [5, 5.41) is 9.71. The monoisotopic (exact) mass is 379 g/mol. The van der Waals surface area contributed by atoms with E-state index in [0.29, 0.717) is 22.9 Å². The molecule has 4 rings (SSSR count). The largest absolute Gasteiger partial charge is 0.384 e. The van der Waals surface area contributed by atoms with Gasteiger partial charge in [-0.3, -0.25) is 4.79 Å². The molecule has 1 spiro atoms. The summed E-state index contributed by atoms with van der Waals surface area (Å²) in [7, 11) is 0. The summed E-state index contributed by atoms with van der Waals surface area (Å²) in [4.78, 5) is 17.2. The summed E-state index contributed by atoms with van der Waals surface area (Å²) in [6, 6.07) is 13.3. The number of hydrogen-bond acceptors (Lipinski definition) is 5. The van der Waals surface area contributed by atoms with Crippen LogP contribution >= 0.6 is 12.2 Å². The zero-order chi connectivity index (χ0) is 18.9. The molecule has 1 amide bonds. The van der Waals surface area contributed by atoms with Crippen molar-refractivity contribution in [3.05, 3.63) is 65.5 Å². The molecule has 0 unspecified atom stereocenters. The number of rotatable bonds is 5. The normalized spacial score (nSPS) is 17.4. The number of nitrogens with zero attached hydrogens (tertiary/aromatic N) is 1. The number of thiocarbonyl (C=S) groups is 1.